The van der Waals surface area contributed by atoms with Crippen LogP contribution in [-0.4, -0.2) is 25.4 Å². The Labute approximate surface area is 128 Å². The summed E-state index contributed by atoms with van der Waals surface area (Å²) in [6, 6.07) is 11.5. The zero-order chi connectivity index (χ0) is 15.1. The Morgan fingerprint density at radius 2 is 1.86 bits per heavy atom. The van der Waals surface area contributed by atoms with Crippen molar-refractivity contribution >= 4 is 11.8 Å². The summed E-state index contributed by atoms with van der Waals surface area (Å²) >= 11 is 1.70. The van der Waals surface area contributed by atoms with Gasteiger partial charge in [-0.3, -0.25) is 4.79 Å². The molecule has 0 N–H and O–H groups in total. The van der Waals surface area contributed by atoms with Crippen molar-refractivity contribution in [2.75, 3.05) is 20.8 Å². The number of benzene rings is 1. The van der Waals surface area contributed by atoms with Gasteiger partial charge in [-0.1, -0.05) is 12.1 Å². The standard InChI is InChI=1S/C16H19NO3S/c1-19-10-9-17-11-15(7-8-16(17)18)21-12-13-3-5-14(20-2)6-4-13/h3-8,11H,9-10,12H2,1-2H3. The van der Waals surface area contributed by atoms with Crippen LogP contribution < -0.4 is 10.3 Å². The second-order valence-electron chi connectivity index (χ2n) is 4.53. The molecule has 0 atom stereocenters. The Kier molecular flexibility index (Phi) is 5.90. The van der Waals surface area contributed by atoms with Crippen molar-refractivity contribution in [2.45, 2.75) is 17.2 Å². The van der Waals surface area contributed by atoms with E-state index in [-0.39, 0.29) is 5.56 Å². The summed E-state index contributed by atoms with van der Waals surface area (Å²) in [5, 5.41) is 0. The molecule has 0 fully saturated rings. The Hall–Kier alpha value is -1.72. The summed E-state index contributed by atoms with van der Waals surface area (Å²) in [5.41, 5.74) is 1.22. The fourth-order valence-electron chi connectivity index (χ4n) is 1.85. The van der Waals surface area contributed by atoms with E-state index in [1.165, 1.54) is 5.56 Å². The number of thioether (sulfide) groups is 1. The molecule has 2 rings (SSSR count). The number of nitrogens with zero attached hydrogens (tertiary/aromatic N) is 1. The van der Waals surface area contributed by atoms with Crippen molar-refractivity contribution in [1.29, 1.82) is 0 Å². The van der Waals surface area contributed by atoms with E-state index in [0.717, 1.165) is 16.4 Å². The van der Waals surface area contributed by atoms with E-state index in [1.54, 1.807) is 36.6 Å². The molecule has 0 saturated heterocycles. The second kappa shape index (κ2) is 7.90. The van der Waals surface area contributed by atoms with Crippen molar-refractivity contribution in [3.05, 3.63) is 58.5 Å². The van der Waals surface area contributed by atoms with Gasteiger partial charge in [-0.25, -0.2) is 0 Å². The fraction of sp³-hybridized carbons (Fsp3) is 0.312. The molecule has 4 nitrogen and oxygen atoms in total. The number of pyridine rings is 1. The van der Waals surface area contributed by atoms with Crippen LogP contribution in [-0.2, 0) is 17.0 Å². The first kappa shape index (κ1) is 15.7. The lowest BCUT2D eigenvalue weighted by Gasteiger charge is -2.08. The highest BCUT2D eigenvalue weighted by Gasteiger charge is 2.01. The van der Waals surface area contributed by atoms with E-state index in [4.69, 9.17) is 9.47 Å². The van der Waals surface area contributed by atoms with Gasteiger partial charge in [-0.2, -0.15) is 0 Å². The van der Waals surface area contributed by atoms with Crippen LogP contribution in [0.1, 0.15) is 5.56 Å². The van der Waals surface area contributed by atoms with E-state index in [9.17, 15) is 4.79 Å². The Morgan fingerprint density at radius 3 is 2.52 bits per heavy atom. The van der Waals surface area contributed by atoms with Gasteiger partial charge >= 0.3 is 0 Å². The maximum Gasteiger partial charge on any atom is 0.250 e. The topological polar surface area (TPSA) is 40.5 Å². The van der Waals surface area contributed by atoms with Gasteiger partial charge in [0, 0.05) is 36.6 Å². The lowest BCUT2D eigenvalue weighted by Crippen LogP contribution is -2.20. The summed E-state index contributed by atoms with van der Waals surface area (Å²) in [4.78, 5) is 12.8. The molecule has 0 bridgehead atoms. The van der Waals surface area contributed by atoms with Crippen LogP contribution in [0.3, 0.4) is 0 Å². The maximum absolute atomic E-state index is 11.7. The molecule has 0 aliphatic carbocycles. The van der Waals surface area contributed by atoms with Gasteiger partial charge in [0.25, 0.3) is 5.56 Å². The van der Waals surface area contributed by atoms with Gasteiger partial charge in [0.15, 0.2) is 0 Å². The SMILES string of the molecule is COCCn1cc(SCc2ccc(OC)cc2)ccc1=O. The molecule has 0 spiro atoms. The van der Waals surface area contributed by atoms with E-state index in [0.29, 0.717) is 13.2 Å². The molecule has 21 heavy (non-hydrogen) atoms. The zero-order valence-electron chi connectivity index (χ0n) is 12.2. The van der Waals surface area contributed by atoms with Gasteiger partial charge in [0.2, 0.25) is 0 Å². The molecule has 0 unspecified atom stereocenters. The van der Waals surface area contributed by atoms with E-state index in [1.807, 2.05) is 36.5 Å². The first-order chi connectivity index (χ1) is 10.2. The van der Waals surface area contributed by atoms with Crippen molar-refractivity contribution < 1.29 is 9.47 Å². The third-order valence-electron chi connectivity index (χ3n) is 3.06. The highest BCUT2D eigenvalue weighted by molar-refractivity contribution is 7.98. The largest absolute Gasteiger partial charge is 0.497 e. The van der Waals surface area contributed by atoms with Crippen LogP contribution in [0, 0.1) is 0 Å². The Bertz CT molecular complexity index is 622. The van der Waals surface area contributed by atoms with Gasteiger partial charge < -0.3 is 14.0 Å². The van der Waals surface area contributed by atoms with Crippen LogP contribution in [0.15, 0.2) is 52.3 Å². The quantitative estimate of drug-likeness (QED) is 0.738. The molecule has 0 aliphatic rings. The summed E-state index contributed by atoms with van der Waals surface area (Å²) in [5.74, 6) is 1.71. The third-order valence-corrected chi connectivity index (χ3v) is 4.11. The predicted molar refractivity (Wildman–Crippen MR) is 85.1 cm³/mol. The van der Waals surface area contributed by atoms with Crippen LogP contribution in [0.25, 0.3) is 0 Å². The first-order valence-corrected chi connectivity index (χ1v) is 7.66. The first-order valence-electron chi connectivity index (χ1n) is 6.68. The average Bonchev–Trinajstić information content (AvgIpc) is 2.53. The molecule has 112 valence electrons. The predicted octanol–water partition coefficient (Wildman–Crippen LogP) is 2.80. The van der Waals surface area contributed by atoms with E-state index < -0.39 is 0 Å². The molecule has 0 aliphatic heterocycles. The highest BCUT2D eigenvalue weighted by Crippen LogP contribution is 2.22. The molecule has 1 aromatic carbocycles. The fourth-order valence-corrected chi connectivity index (χ4v) is 2.74. The lowest BCUT2D eigenvalue weighted by atomic mass is 10.2. The summed E-state index contributed by atoms with van der Waals surface area (Å²) in [6.07, 6.45) is 1.88. The number of rotatable bonds is 7. The number of aromatic nitrogens is 1. The maximum atomic E-state index is 11.7. The van der Waals surface area contributed by atoms with Gasteiger partial charge in [0.1, 0.15) is 5.75 Å². The van der Waals surface area contributed by atoms with Gasteiger partial charge in [-0.15, -0.1) is 11.8 Å². The van der Waals surface area contributed by atoms with Crippen LogP contribution in [0.4, 0.5) is 0 Å². The molecule has 1 heterocycles. The van der Waals surface area contributed by atoms with E-state index in [2.05, 4.69) is 0 Å². The third kappa shape index (κ3) is 4.65. The summed E-state index contributed by atoms with van der Waals surface area (Å²) < 4.78 is 11.8. The number of methoxy groups -OCH3 is 2. The van der Waals surface area contributed by atoms with Gasteiger partial charge in [-0.05, 0) is 23.8 Å². The molecular formula is C16H19NO3S. The van der Waals surface area contributed by atoms with Crippen molar-refractivity contribution in [1.82, 2.24) is 4.57 Å². The zero-order valence-corrected chi connectivity index (χ0v) is 13.1. The van der Waals surface area contributed by atoms with Crippen LogP contribution in [0.2, 0.25) is 0 Å². The monoisotopic (exact) mass is 305 g/mol. The molecule has 5 heteroatoms. The minimum Gasteiger partial charge on any atom is -0.497 e. The van der Waals surface area contributed by atoms with Crippen molar-refractivity contribution in [3.8, 4) is 5.75 Å². The molecule has 1 aromatic heterocycles. The highest BCUT2D eigenvalue weighted by atomic mass is 32.2. The van der Waals surface area contributed by atoms with Crippen LogP contribution >= 0.6 is 11.8 Å². The normalized spacial score (nSPS) is 10.6. The minimum absolute atomic E-state index is 0.000785. The van der Waals surface area contributed by atoms with E-state index >= 15 is 0 Å². The lowest BCUT2D eigenvalue weighted by molar-refractivity contribution is 0.186. The number of hydrogen-bond donors (Lipinski definition) is 0. The second-order valence-corrected chi connectivity index (χ2v) is 5.57. The molecular weight excluding hydrogens is 286 g/mol. The average molecular weight is 305 g/mol. The number of ether oxygens (including phenoxy) is 2. The molecule has 0 saturated carbocycles. The van der Waals surface area contributed by atoms with Crippen molar-refractivity contribution in [3.63, 3.8) is 0 Å². The van der Waals surface area contributed by atoms with Crippen molar-refractivity contribution in [2.24, 2.45) is 0 Å². The summed E-state index contributed by atoms with van der Waals surface area (Å²) in [7, 11) is 3.29. The van der Waals surface area contributed by atoms with Gasteiger partial charge in [0.05, 0.1) is 13.7 Å². The minimum atomic E-state index is 0.000785. The smallest absolute Gasteiger partial charge is 0.250 e. The number of hydrogen-bond acceptors (Lipinski definition) is 4. The molecule has 2 aromatic rings. The Morgan fingerprint density at radius 1 is 1.10 bits per heavy atom. The molecule has 0 radical (unpaired) electrons. The Balaban J connectivity index is 2.00. The summed E-state index contributed by atoms with van der Waals surface area (Å²) in [6.45, 7) is 1.11. The van der Waals surface area contributed by atoms with Crippen LogP contribution in [0.5, 0.6) is 5.75 Å². The molecule has 0 amide bonds.